The zero-order valence-electron chi connectivity index (χ0n) is 6.50. The van der Waals surface area contributed by atoms with Gasteiger partial charge in [-0.3, -0.25) is 4.99 Å². The van der Waals surface area contributed by atoms with Gasteiger partial charge in [0.05, 0.1) is 6.42 Å². The molecule has 0 saturated carbocycles. The van der Waals surface area contributed by atoms with Crippen molar-refractivity contribution in [2.75, 3.05) is 13.1 Å². The minimum absolute atomic E-state index is 0.342. The summed E-state index contributed by atoms with van der Waals surface area (Å²) in [6.45, 7) is 1.83. The highest BCUT2D eigenvalue weighted by atomic mass is 35.5. The summed E-state index contributed by atoms with van der Waals surface area (Å²) in [5.41, 5.74) is -0.342. The van der Waals surface area contributed by atoms with E-state index in [0.717, 1.165) is 25.3 Å². The molecule has 2 rings (SSSR count). The number of amidine groups is 1. The van der Waals surface area contributed by atoms with Gasteiger partial charge >= 0.3 is 0 Å². The molecule has 0 aromatic heterocycles. The summed E-state index contributed by atoms with van der Waals surface area (Å²) in [5.74, 6) is 0.987. The van der Waals surface area contributed by atoms with Crippen LogP contribution in [0.3, 0.4) is 0 Å². The summed E-state index contributed by atoms with van der Waals surface area (Å²) in [7, 11) is 0. The minimum Gasteiger partial charge on any atom is -0.325 e. The second-order valence-corrected chi connectivity index (χ2v) is 3.66. The molecule has 0 fully saturated rings. The van der Waals surface area contributed by atoms with Gasteiger partial charge in [0.25, 0.3) is 0 Å². The maximum Gasteiger partial charge on any atom is 0.199 e. The molecule has 3 nitrogen and oxygen atoms in total. The monoisotopic (exact) mass is 205 g/mol. The number of rotatable bonds is 0. The summed E-state index contributed by atoms with van der Waals surface area (Å²) in [6, 6.07) is 0. The number of alkyl halides is 1. The number of hydrogen-bond acceptors (Lipinski definition) is 3. The van der Waals surface area contributed by atoms with Crippen molar-refractivity contribution in [2.24, 2.45) is 9.98 Å². The summed E-state index contributed by atoms with van der Waals surface area (Å²) < 4.78 is 0. The van der Waals surface area contributed by atoms with Crippen LogP contribution in [0.2, 0.25) is 0 Å². The van der Waals surface area contributed by atoms with Crippen LogP contribution in [0.1, 0.15) is 12.8 Å². The van der Waals surface area contributed by atoms with Crippen molar-refractivity contribution in [3.63, 3.8) is 0 Å². The van der Waals surface area contributed by atoms with Crippen LogP contribution < -0.4 is 0 Å². The third-order valence-corrected chi connectivity index (χ3v) is 2.56. The van der Waals surface area contributed by atoms with E-state index in [9.17, 15) is 0 Å². The molecule has 0 bridgehead atoms. The molecule has 0 amide bonds. The van der Waals surface area contributed by atoms with Crippen LogP contribution in [0.15, 0.2) is 9.98 Å². The lowest BCUT2D eigenvalue weighted by Crippen LogP contribution is -2.43. The fourth-order valence-electron chi connectivity index (χ4n) is 1.42. The first kappa shape index (κ1) is 8.32. The Balaban J connectivity index is 2.25. The van der Waals surface area contributed by atoms with Gasteiger partial charge in [-0.15, -0.1) is 0 Å². The first-order valence-electron chi connectivity index (χ1n) is 3.93. The Morgan fingerprint density at radius 1 is 1.50 bits per heavy atom. The molecule has 2 aliphatic rings. The quantitative estimate of drug-likeness (QED) is 0.437. The highest BCUT2D eigenvalue weighted by molar-refractivity contribution is 6.67. The molecule has 12 heavy (non-hydrogen) atoms. The van der Waals surface area contributed by atoms with Crippen molar-refractivity contribution in [3.8, 4) is 0 Å². The van der Waals surface area contributed by atoms with Gasteiger partial charge in [-0.25, -0.2) is 4.99 Å². The number of fused-ring (bicyclic) bond motifs is 1. The first-order chi connectivity index (χ1) is 5.77. The molecular formula is C7H9Cl2N3. The Morgan fingerprint density at radius 3 is 3.17 bits per heavy atom. The molecule has 0 aromatic rings. The number of aliphatic imine (C=N–C) groups is 2. The van der Waals surface area contributed by atoms with E-state index in [4.69, 9.17) is 23.2 Å². The van der Waals surface area contributed by atoms with Crippen LogP contribution >= 0.6 is 23.2 Å². The molecule has 0 saturated heterocycles. The minimum atomic E-state index is -0.342. The molecule has 5 heteroatoms. The van der Waals surface area contributed by atoms with Crippen LogP contribution in [0.25, 0.3) is 0 Å². The van der Waals surface area contributed by atoms with E-state index in [1.165, 1.54) is 0 Å². The van der Waals surface area contributed by atoms with E-state index in [0.29, 0.717) is 11.6 Å². The molecule has 0 aromatic carbocycles. The van der Waals surface area contributed by atoms with Gasteiger partial charge in [0.1, 0.15) is 11.0 Å². The van der Waals surface area contributed by atoms with Crippen molar-refractivity contribution in [1.29, 1.82) is 0 Å². The summed E-state index contributed by atoms with van der Waals surface area (Å²) in [6.07, 6.45) is 1.70. The predicted molar refractivity (Wildman–Crippen MR) is 51.2 cm³/mol. The maximum absolute atomic E-state index is 5.96. The zero-order chi connectivity index (χ0) is 8.55. The summed E-state index contributed by atoms with van der Waals surface area (Å²) in [4.78, 5) is 10.4. The van der Waals surface area contributed by atoms with Crippen LogP contribution in [0.5, 0.6) is 0 Å². The lowest BCUT2D eigenvalue weighted by molar-refractivity contribution is 0.364. The van der Waals surface area contributed by atoms with E-state index < -0.39 is 0 Å². The highest BCUT2D eigenvalue weighted by Gasteiger charge is 2.26. The van der Waals surface area contributed by atoms with Gasteiger partial charge in [0.2, 0.25) is 0 Å². The van der Waals surface area contributed by atoms with E-state index in [2.05, 4.69) is 9.98 Å². The Bertz CT molecular complexity index is 249. The normalized spacial score (nSPS) is 29.2. The Kier molecular flexibility index (Phi) is 2.24. The molecule has 0 N–H and O–H groups in total. The third-order valence-electron chi connectivity index (χ3n) is 1.99. The molecule has 1 atom stereocenters. The fraction of sp³-hybridized carbons (Fsp3) is 0.714. The average molecular weight is 206 g/mol. The van der Waals surface area contributed by atoms with E-state index in [1.54, 1.807) is 0 Å². The molecule has 66 valence electrons. The highest BCUT2D eigenvalue weighted by Crippen LogP contribution is 2.20. The number of halogens is 2. The van der Waals surface area contributed by atoms with Gasteiger partial charge in [-0.1, -0.05) is 23.2 Å². The summed E-state index contributed by atoms with van der Waals surface area (Å²) >= 11 is 11.7. The van der Waals surface area contributed by atoms with Crippen LogP contribution in [0, 0.1) is 0 Å². The Morgan fingerprint density at radius 2 is 2.33 bits per heavy atom. The van der Waals surface area contributed by atoms with Crippen LogP contribution in [-0.4, -0.2) is 34.6 Å². The van der Waals surface area contributed by atoms with Gasteiger partial charge in [0, 0.05) is 13.1 Å². The lowest BCUT2D eigenvalue weighted by Gasteiger charge is -2.34. The summed E-state index contributed by atoms with van der Waals surface area (Å²) in [5, 5.41) is 0.562. The van der Waals surface area contributed by atoms with Crippen molar-refractivity contribution in [3.05, 3.63) is 0 Å². The van der Waals surface area contributed by atoms with Gasteiger partial charge in [-0.05, 0) is 6.42 Å². The lowest BCUT2D eigenvalue weighted by atomic mass is 10.2. The van der Waals surface area contributed by atoms with Crippen molar-refractivity contribution in [2.45, 2.75) is 18.5 Å². The van der Waals surface area contributed by atoms with Crippen molar-refractivity contribution >= 4 is 34.2 Å². The molecule has 0 spiro atoms. The smallest absolute Gasteiger partial charge is 0.199 e. The number of hydrogen-bond donors (Lipinski definition) is 0. The maximum atomic E-state index is 5.96. The fourth-order valence-corrected chi connectivity index (χ4v) is 2.01. The van der Waals surface area contributed by atoms with Crippen LogP contribution in [-0.2, 0) is 0 Å². The van der Waals surface area contributed by atoms with Crippen molar-refractivity contribution < 1.29 is 0 Å². The van der Waals surface area contributed by atoms with Crippen molar-refractivity contribution in [1.82, 2.24) is 4.90 Å². The standard InChI is InChI=1S/C7H9Cl2N3/c8-5-4-6-10-2-1-3-12(6)7(9)11-5/h7H,1-4H2. The molecular weight excluding hydrogens is 197 g/mol. The molecule has 2 aliphatic heterocycles. The average Bonchev–Trinajstić information content (AvgIpc) is 2.04. The molecule has 0 radical (unpaired) electrons. The predicted octanol–water partition coefficient (Wildman–Crippen LogP) is 1.65. The molecule has 0 aliphatic carbocycles. The SMILES string of the molecule is ClC1=NC(Cl)N2CCCN=C2C1. The van der Waals surface area contributed by atoms with Gasteiger partial charge < -0.3 is 4.90 Å². The van der Waals surface area contributed by atoms with Gasteiger partial charge in [-0.2, -0.15) is 0 Å². The Labute approximate surface area is 81.1 Å². The topological polar surface area (TPSA) is 28.0 Å². The van der Waals surface area contributed by atoms with E-state index >= 15 is 0 Å². The third kappa shape index (κ3) is 1.43. The van der Waals surface area contributed by atoms with Crippen LogP contribution in [0.4, 0.5) is 0 Å². The largest absolute Gasteiger partial charge is 0.325 e. The molecule has 2 heterocycles. The van der Waals surface area contributed by atoms with E-state index in [1.807, 2.05) is 4.90 Å². The number of nitrogens with zero attached hydrogens (tertiary/aromatic N) is 3. The first-order valence-corrected chi connectivity index (χ1v) is 4.75. The molecule has 1 unspecified atom stereocenters. The van der Waals surface area contributed by atoms with Gasteiger partial charge in [0.15, 0.2) is 5.62 Å². The second kappa shape index (κ2) is 3.23. The zero-order valence-corrected chi connectivity index (χ0v) is 8.02. The Hall–Kier alpha value is -0.280. The second-order valence-electron chi connectivity index (χ2n) is 2.84. The van der Waals surface area contributed by atoms with E-state index in [-0.39, 0.29) is 5.62 Å².